The fourth-order valence-corrected chi connectivity index (χ4v) is 0.893. The molecule has 5 heteroatoms. The predicted molar refractivity (Wildman–Crippen MR) is 70.5 cm³/mol. The Balaban J connectivity index is 0. The minimum absolute atomic E-state index is 0.833. The second-order valence-corrected chi connectivity index (χ2v) is 4.08. The molecule has 2 N–H and O–H groups in total. The van der Waals surface area contributed by atoms with Gasteiger partial charge in [-0.25, -0.2) is 0 Å². The molecule has 0 heterocycles. The van der Waals surface area contributed by atoms with Gasteiger partial charge < -0.3 is 10.2 Å². The van der Waals surface area contributed by atoms with Crippen LogP contribution in [0.25, 0.3) is 0 Å². The smallest absolute Gasteiger partial charge is 0.300 e. The Morgan fingerprint density at radius 2 is 1.25 bits per heavy atom. The average molecular weight is 338 g/mol. The van der Waals surface area contributed by atoms with Crippen LogP contribution in [0, 0.1) is 10.5 Å². The van der Waals surface area contributed by atoms with Crippen molar-refractivity contribution in [1.29, 1.82) is 0 Å². The fraction of sp³-hybridized carbons (Fsp3) is 0.273. The zero-order valence-electron chi connectivity index (χ0n) is 9.40. The standard InChI is InChI=1S/C7H7I.2C2H4O2/c1-6-2-4-7(8)5-3-6;2*1-2(3)4/h2-5H,1H3;2*1H3,(H,3,4). The van der Waals surface area contributed by atoms with Crippen molar-refractivity contribution in [3.8, 4) is 0 Å². The highest BCUT2D eigenvalue weighted by molar-refractivity contribution is 14.1. The van der Waals surface area contributed by atoms with Crippen LogP contribution < -0.4 is 0 Å². The van der Waals surface area contributed by atoms with Crippen molar-refractivity contribution in [3.63, 3.8) is 0 Å². The van der Waals surface area contributed by atoms with Crippen LogP contribution in [-0.4, -0.2) is 22.2 Å². The molecule has 1 rings (SSSR count). The summed E-state index contributed by atoms with van der Waals surface area (Å²) in [5.41, 5.74) is 1.32. The Morgan fingerprint density at radius 1 is 1.00 bits per heavy atom. The molecule has 0 aliphatic carbocycles. The van der Waals surface area contributed by atoms with E-state index in [1.54, 1.807) is 0 Å². The molecule has 0 unspecified atom stereocenters. The summed E-state index contributed by atoms with van der Waals surface area (Å²) in [7, 11) is 0. The summed E-state index contributed by atoms with van der Waals surface area (Å²) in [4.78, 5) is 18.0. The van der Waals surface area contributed by atoms with Crippen LogP contribution in [-0.2, 0) is 9.59 Å². The van der Waals surface area contributed by atoms with Gasteiger partial charge in [-0.3, -0.25) is 9.59 Å². The van der Waals surface area contributed by atoms with E-state index >= 15 is 0 Å². The Kier molecular flexibility index (Phi) is 11.2. The number of carboxylic acid groups (broad SMARTS) is 2. The highest BCUT2D eigenvalue weighted by atomic mass is 127. The zero-order chi connectivity index (χ0) is 13.1. The molecule has 0 spiro atoms. The van der Waals surface area contributed by atoms with Crippen molar-refractivity contribution in [3.05, 3.63) is 33.4 Å². The Morgan fingerprint density at radius 3 is 1.44 bits per heavy atom. The molecule has 0 aliphatic rings. The van der Waals surface area contributed by atoms with Crippen LogP contribution >= 0.6 is 22.6 Å². The van der Waals surface area contributed by atoms with Gasteiger partial charge >= 0.3 is 0 Å². The van der Waals surface area contributed by atoms with Gasteiger partial charge in [-0.15, -0.1) is 0 Å². The number of benzene rings is 1. The number of carbonyl (C=O) groups is 2. The zero-order valence-corrected chi connectivity index (χ0v) is 11.6. The number of hydrogen-bond donors (Lipinski definition) is 2. The first-order valence-corrected chi connectivity index (χ1v) is 5.44. The number of carboxylic acids is 2. The third-order valence-corrected chi connectivity index (χ3v) is 1.73. The predicted octanol–water partition coefficient (Wildman–Crippen LogP) is 2.78. The van der Waals surface area contributed by atoms with Gasteiger partial charge in [0.25, 0.3) is 11.9 Å². The number of hydrogen-bond acceptors (Lipinski definition) is 2. The molecule has 0 aliphatic heterocycles. The summed E-state index contributed by atoms with van der Waals surface area (Å²) >= 11 is 2.30. The summed E-state index contributed by atoms with van der Waals surface area (Å²) in [5.74, 6) is -1.67. The second-order valence-electron chi connectivity index (χ2n) is 2.83. The van der Waals surface area contributed by atoms with E-state index in [4.69, 9.17) is 19.8 Å². The van der Waals surface area contributed by atoms with E-state index in [9.17, 15) is 0 Å². The molecule has 1 aromatic rings. The summed E-state index contributed by atoms with van der Waals surface area (Å²) < 4.78 is 1.30. The van der Waals surface area contributed by atoms with Crippen LogP contribution in [0.15, 0.2) is 24.3 Å². The van der Waals surface area contributed by atoms with E-state index in [0.29, 0.717) is 0 Å². The average Bonchev–Trinajstić information content (AvgIpc) is 2.08. The van der Waals surface area contributed by atoms with Gasteiger partial charge in [0.1, 0.15) is 0 Å². The van der Waals surface area contributed by atoms with E-state index in [-0.39, 0.29) is 0 Å². The first kappa shape index (κ1) is 17.3. The lowest BCUT2D eigenvalue weighted by Crippen LogP contribution is -1.78. The van der Waals surface area contributed by atoms with E-state index < -0.39 is 11.9 Å². The monoisotopic (exact) mass is 338 g/mol. The number of halogens is 1. The van der Waals surface area contributed by atoms with Crippen LogP contribution in [0.2, 0.25) is 0 Å². The molecular weight excluding hydrogens is 323 g/mol. The fourth-order valence-electron chi connectivity index (χ4n) is 0.533. The molecule has 0 aromatic heterocycles. The van der Waals surface area contributed by atoms with E-state index in [2.05, 4.69) is 53.8 Å². The molecule has 0 radical (unpaired) electrons. The molecule has 0 fully saturated rings. The quantitative estimate of drug-likeness (QED) is 0.714. The van der Waals surface area contributed by atoms with Crippen LogP contribution in [0.1, 0.15) is 19.4 Å². The van der Waals surface area contributed by atoms with Crippen LogP contribution in [0.4, 0.5) is 0 Å². The van der Waals surface area contributed by atoms with Crippen molar-refractivity contribution in [2.75, 3.05) is 0 Å². The van der Waals surface area contributed by atoms with E-state index in [0.717, 1.165) is 13.8 Å². The highest BCUT2D eigenvalue weighted by Gasteiger charge is 1.81. The van der Waals surface area contributed by atoms with Gasteiger partial charge in [-0.05, 0) is 41.6 Å². The lowest BCUT2D eigenvalue weighted by Gasteiger charge is -1.88. The number of aryl methyl sites for hydroxylation is 1. The minimum atomic E-state index is -0.833. The molecule has 4 nitrogen and oxygen atoms in total. The molecule has 0 amide bonds. The van der Waals surface area contributed by atoms with Gasteiger partial charge in [0, 0.05) is 17.4 Å². The minimum Gasteiger partial charge on any atom is -0.481 e. The van der Waals surface area contributed by atoms with Crippen molar-refractivity contribution in [1.82, 2.24) is 0 Å². The maximum Gasteiger partial charge on any atom is 0.300 e. The van der Waals surface area contributed by atoms with Crippen molar-refractivity contribution < 1.29 is 19.8 Å². The topological polar surface area (TPSA) is 74.6 Å². The normalized spacial score (nSPS) is 7.75. The summed E-state index contributed by atoms with van der Waals surface area (Å²) in [6, 6.07) is 8.44. The second kappa shape index (κ2) is 10.4. The molecular formula is C11H15IO4. The van der Waals surface area contributed by atoms with E-state index in [1.165, 1.54) is 9.13 Å². The molecule has 0 saturated heterocycles. The van der Waals surface area contributed by atoms with Gasteiger partial charge in [-0.2, -0.15) is 0 Å². The van der Waals surface area contributed by atoms with Crippen molar-refractivity contribution in [2.24, 2.45) is 0 Å². The summed E-state index contributed by atoms with van der Waals surface area (Å²) in [5, 5.41) is 14.8. The van der Waals surface area contributed by atoms with Crippen molar-refractivity contribution in [2.45, 2.75) is 20.8 Å². The van der Waals surface area contributed by atoms with Crippen LogP contribution in [0.5, 0.6) is 0 Å². The van der Waals surface area contributed by atoms with Crippen molar-refractivity contribution >= 4 is 34.5 Å². The van der Waals surface area contributed by atoms with Gasteiger partial charge in [0.15, 0.2) is 0 Å². The third kappa shape index (κ3) is 23.1. The SMILES string of the molecule is CC(=O)O.CC(=O)O.Cc1ccc(I)cc1. The van der Waals surface area contributed by atoms with Crippen LogP contribution in [0.3, 0.4) is 0 Å². The number of rotatable bonds is 0. The summed E-state index contributed by atoms with van der Waals surface area (Å²) in [6.45, 7) is 4.26. The largest absolute Gasteiger partial charge is 0.481 e. The Bertz CT molecular complexity index is 278. The molecule has 16 heavy (non-hydrogen) atoms. The Hall–Kier alpha value is -1.11. The van der Waals surface area contributed by atoms with E-state index in [1.807, 2.05) is 0 Å². The molecule has 0 bridgehead atoms. The molecule has 0 saturated carbocycles. The summed E-state index contributed by atoms with van der Waals surface area (Å²) in [6.07, 6.45) is 0. The van der Waals surface area contributed by atoms with Gasteiger partial charge in [-0.1, -0.05) is 17.7 Å². The first-order valence-electron chi connectivity index (χ1n) is 4.37. The maximum absolute atomic E-state index is 9.00. The Labute approximate surface area is 108 Å². The molecule has 90 valence electrons. The molecule has 1 aromatic carbocycles. The first-order chi connectivity index (χ1) is 7.25. The molecule has 0 atom stereocenters. The highest BCUT2D eigenvalue weighted by Crippen LogP contribution is 2.04. The number of aliphatic carboxylic acids is 2. The third-order valence-electron chi connectivity index (χ3n) is 1.01. The lowest BCUT2D eigenvalue weighted by molar-refractivity contribution is -0.135. The van der Waals surface area contributed by atoms with Gasteiger partial charge in [0.05, 0.1) is 0 Å². The lowest BCUT2D eigenvalue weighted by atomic mass is 10.2. The van der Waals surface area contributed by atoms with Gasteiger partial charge in [0.2, 0.25) is 0 Å². The maximum atomic E-state index is 9.00.